The number of rotatable bonds is 4. The maximum Gasteiger partial charge on any atom is 0.174 e. The van der Waals surface area contributed by atoms with E-state index >= 15 is 0 Å². The fourth-order valence-corrected chi connectivity index (χ4v) is 9.08. The Morgan fingerprint density at radius 3 is 2.34 bits per heavy atom. The Balaban J connectivity index is 2.08. The maximum atomic E-state index is 5.60. The molecule has 32 heavy (non-hydrogen) atoms. The van der Waals surface area contributed by atoms with Crippen molar-refractivity contribution in [1.82, 2.24) is 9.45 Å². The zero-order chi connectivity index (χ0) is 23.3. The summed E-state index contributed by atoms with van der Waals surface area (Å²) in [5.41, 5.74) is 7.34. The Bertz CT molecular complexity index is 1160. The molecule has 1 atom stereocenters. The van der Waals surface area contributed by atoms with E-state index in [2.05, 4.69) is 119 Å². The van der Waals surface area contributed by atoms with E-state index in [0.29, 0.717) is 0 Å². The topological polar surface area (TPSA) is 34.4 Å². The average Bonchev–Trinajstić information content (AvgIpc) is 3.17. The summed E-state index contributed by atoms with van der Waals surface area (Å²) < 4.78 is 10.3. The van der Waals surface area contributed by atoms with Gasteiger partial charge in [0.1, 0.15) is 0 Å². The van der Waals surface area contributed by atoms with Gasteiger partial charge >= 0.3 is 0 Å². The van der Waals surface area contributed by atoms with E-state index in [1.165, 1.54) is 33.4 Å². The first-order valence-corrected chi connectivity index (χ1v) is 13.1. The van der Waals surface area contributed by atoms with Crippen molar-refractivity contribution in [3.8, 4) is 0 Å². The van der Waals surface area contributed by atoms with E-state index in [1.807, 2.05) is 0 Å². The zero-order valence-corrected chi connectivity index (χ0v) is 21.6. The quantitative estimate of drug-likeness (QED) is 0.477. The van der Waals surface area contributed by atoms with Gasteiger partial charge in [-0.3, -0.25) is 0 Å². The molecule has 0 aliphatic carbocycles. The third kappa shape index (κ3) is 3.25. The molecule has 0 N–H and O–H groups in total. The van der Waals surface area contributed by atoms with E-state index in [9.17, 15) is 0 Å². The minimum Gasteiger partial charge on any atom is -0.346 e. The second-order valence-corrected chi connectivity index (χ2v) is 12.2. The third-order valence-corrected chi connectivity index (χ3v) is 10.6. The van der Waals surface area contributed by atoms with Crippen molar-refractivity contribution < 1.29 is 0 Å². The zero-order valence-electron chi connectivity index (χ0n) is 20.7. The van der Waals surface area contributed by atoms with Gasteiger partial charge in [-0.25, -0.2) is 14.2 Å². The standard InChI is InChI=1S/C26H36N5P/c1-9-31(10-2)32(28-22-16-15-19(3)17-20(22)4)24(18-27-30(32)8)25-26(5,6)21-13-11-12-14-23(21)29(25)7/h11-18H,9-10H2,1-8H3/b25-24-/t32-/m0/s1. The van der Waals surface area contributed by atoms with Crippen LogP contribution in [0.1, 0.15) is 44.4 Å². The molecule has 6 heteroatoms. The first-order chi connectivity index (χ1) is 15.2. The predicted octanol–water partition coefficient (Wildman–Crippen LogP) is 6.88. The number of anilines is 1. The number of allylic oxidation sites excluding steroid dienone is 2. The molecule has 2 heterocycles. The van der Waals surface area contributed by atoms with E-state index < -0.39 is 7.36 Å². The molecule has 0 saturated heterocycles. The van der Waals surface area contributed by atoms with Crippen molar-refractivity contribution >= 4 is 24.9 Å². The monoisotopic (exact) mass is 449 g/mol. The second-order valence-electron chi connectivity index (χ2n) is 9.27. The number of hydrogen-bond acceptors (Lipinski definition) is 3. The number of benzene rings is 2. The number of hydrazone groups is 1. The van der Waals surface area contributed by atoms with Crippen molar-refractivity contribution in [2.45, 2.75) is 47.0 Å². The normalized spacial score (nSPS) is 23.9. The van der Waals surface area contributed by atoms with Crippen LogP contribution in [-0.4, -0.2) is 42.8 Å². The van der Waals surface area contributed by atoms with Gasteiger partial charge in [0.2, 0.25) is 0 Å². The Kier molecular flexibility index (Phi) is 5.85. The first kappa shape index (κ1) is 22.8. The lowest BCUT2D eigenvalue weighted by atomic mass is 9.84. The third-order valence-electron chi connectivity index (χ3n) is 6.91. The van der Waals surface area contributed by atoms with Crippen molar-refractivity contribution in [2.24, 2.45) is 9.85 Å². The highest BCUT2D eigenvalue weighted by atomic mass is 31.2. The van der Waals surface area contributed by atoms with Crippen LogP contribution in [0.25, 0.3) is 0 Å². The summed E-state index contributed by atoms with van der Waals surface area (Å²) in [6.45, 7) is 15.3. The van der Waals surface area contributed by atoms with Crippen LogP contribution in [0.2, 0.25) is 0 Å². The summed E-state index contributed by atoms with van der Waals surface area (Å²) in [6, 6.07) is 15.3. The number of likely N-dealkylation sites (N-methyl/N-ethyl adjacent to an activating group) is 1. The van der Waals surface area contributed by atoms with Crippen molar-refractivity contribution in [2.75, 3.05) is 32.1 Å². The van der Waals surface area contributed by atoms with E-state index in [4.69, 9.17) is 9.85 Å². The smallest absolute Gasteiger partial charge is 0.174 e. The predicted molar refractivity (Wildman–Crippen MR) is 139 cm³/mol. The molecule has 2 aliphatic rings. The second kappa shape index (κ2) is 8.20. The molecule has 0 unspecified atom stereocenters. The molecule has 170 valence electrons. The van der Waals surface area contributed by atoms with Gasteiger partial charge in [0, 0.05) is 44.0 Å². The maximum absolute atomic E-state index is 5.60. The molecule has 4 rings (SSSR count). The molecule has 2 aromatic rings. The number of para-hydroxylation sites is 1. The largest absolute Gasteiger partial charge is 0.346 e. The van der Waals surface area contributed by atoms with Crippen LogP contribution in [-0.2, 0) is 5.41 Å². The molecule has 0 saturated carbocycles. The molecular formula is C26H36N5P. The van der Waals surface area contributed by atoms with Crippen LogP contribution in [0.4, 0.5) is 11.4 Å². The van der Waals surface area contributed by atoms with Gasteiger partial charge < -0.3 is 4.90 Å². The number of hydrogen-bond donors (Lipinski definition) is 0. The minimum atomic E-state index is -2.31. The molecule has 0 amide bonds. The Hall–Kier alpha value is -2.36. The van der Waals surface area contributed by atoms with Gasteiger partial charge in [0.15, 0.2) is 7.36 Å². The molecule has 0 fully saturated rings. The van der Waals surface area contributed by atoms with Crippen LogP contribution in [0.3, 0.4) is 0 Å². The average molecular weight is 450 g/mol. The van der Waals surface area contributed by atoms with Crippen LogP contribution in [0.5, 0.6) is 0 Å². The van der Waals surface area contributed by atoms with Gasteiger partial charge in [-0.1, -0.05) is 63.6 Å². The summed E-state index contributed by atoms with van der Waals surface area (Å²) in [7, 11) is 1.98. The fourth-order valence-electron chi connectivity index (χ4n) is 5.30. The van der Waals surface area contributed by atoms with Crippen LogP contribution < -0.4 is 4.90 Å². The molecule has 0 spiro atoms. The fraction of sp³-hybridized carbons (Fsp3) is 0.423. The lowest BCUT2D eigenvalue weighted by molar-refractivity contribution is 0.452. The molecule has 0 radical (unpaired) electrons. The Morgan fingerprint density at radius 1 is 1.03 bits per heavy atom. The summed E-state index contributed by atoms with van der Waals surface area (Å²) in [4.78, 5) is 2.37. The van der Waals surface area contributed by atoms with Gasteiger partial charge in [-0.2, -0.15) is 5.10 Å². The highest BCUT2D eigenvalue weighted by Gasteiger charge is 2.47. The summed E-state index contributed by atoms with van der Waals surface area (Å²) in [6.07, 6.45) is 2.08. The lowest BCUT2D eigenvalue weighted by Gasteiger charge is -2.39. The lowest BCUT2D eigenvalue weighted by Crippen LogP contribution is -2.30. The van der Waals surface area contributed by atoms with Crippen molar-refractivity contribution in [1.29, 1.82) is 0 Å². The number of aryl methyl sites for hydroxylation is 2. The molecule has 2 aliphatic heterocycles. The molecule has 5 nitrogen and oxygen atoms in total. The first-order valence-electron chi connectivity index (χ1n) is 11.5. The summed E-state index contributed by atoms with van der Waals surface area (Å²) in [5, 5.41) is 6.13. The van der Waals surface area contributed by atoms with Crippen LogP contribution in [0, 0.1) is 13.8 Å². The van der Waals surface area contributed by atoms with E-state index in [0.717, 1.165) is 18.8 Å². The van der Waals surface area contributed by atoms with Gasteiger partial charge in [0.25, 0.3) is 0 Å². The van der Waals surface area contributed by atoms with Gasteiger partial charge in [0.05, 0.1) is 17.2 Å². The van der Waals surface area contributed by atoms with E-state index in [-0.39, 0.29) is 5.41 Å². The van der Waals surface area contributed by atoms with E-state index in [1.54, 1.807) is 0 Å². The number of nitrogens with zero attached hydrogens (tertiary/aromatic N) is 5. The van der Waals surface area contributed by atoms with Crippen molar-refractivity contribution in [3.05, 3.63) is 70.2 Å². The van der Waals surface area contributed by atoms with Crippen LogP contribution >= 0.6 is 7.36 Å². The van der Waals surface area contributed by atoms with Gasteiger partial charge in [-0.15, -0.1) is 0 Å². The van der Waals surface area contributed by atoms with Crippen molar-refractivity contribution in [3.63, 3.8) is 0 Å². The highest BCUT2D eigenvalue weighted by molar-refractivity contribution is 7.67. The van der Waals surface area contributed by atoms with Crippen LogP contribution in [0.15, 0.2) is 63.3 Å². The Morgan fingerprint density at radius 2 is 1.72 bits per heavy atom. The number of fused-ring (bicyclic) bond motifs is 1. The minimum absolute atomic E-state index is 0.131. The molecule has 2 aromatic carbocycles. The summed E-state index contributed by atoms with van der Waals surface area (Å²) in [5.74, 6) is 0. The molecule has 0 bridgehead atoms. The molecular weight excluding hydrogens is 413 g/mol. The van der Waals surface area contributed by atoms with Gasteiger partial charge in [-0.05, 0) is 37.1 Å². The SMILES string of the molecule is CCN(CC)[P@]1(=Nc2ccc(C)cc2C)/C(=C2\N(C)c3ccccc3C2(C)C)C=NN1C. The molecule has 0 aromatic heterocycles. The summed E-state index contributed by atoms with van der Waals surface area (Å²) >= 11 is 0. The highest BCUT2D eigenvalue weighted by Crippen LogP contribution is 2.69. The Labute approximate surface area is 193 Å².